The molecule has 1 aromatic rings. The third-order valence-corrected chi connectivity index (χ3v) is 2.58. The van der Waals surface area contributed by atoms with E-state index >= 15 is 0 Å². The van der Waals surface area contributed by atoms with Gasteiger partial charge in [-0.15, -0.1) is 0 Å². The van der Waals surface area contributed by atoms with Crippen LogP contribution in [0.5, 0.6) is 5.75 Å². The van der Waals surface area contributed by atoms with Crippen LogP contribution < -0.4 is 10.1 Å². The fourth-order valence-corrected chi connectivity index (χ4v) is 1.19. The number of ether oxygens (including phenoxy) is 1. The number of anilines is 1. The van der Waals surface area contributed by atoms with Crippen LogP contribution in [0.4, 0.5) is 5.82 Å². The number of hydrogen-bond donors (Lipinski definition) is 1. The van der Waals surface area contributed by atoms with Crippen LogP contribution in [0.2, 0.25) is 0 Å². The third kappa shape index (κ3) is 3.11. The Kier molecular flexibility index (Phi) is 3.95. The molecule has 0 amide bonds. The average molecular weight is 208 g/mol. The Labute approximate surface area is 91.9 Å². The van der Waals surface area contributed by atoms with E-state index in [1.807, 2.05) is 19.1 Å². The van der Waals surface area contributed by atoms with Gasteiger partial charge in [0.25, 0.3) is 0 Å². The van der Waals surface area contributed by atoms with Crippen LogP contribution in [0.1, 0.15) is 26.5 Å². The van der Waals surface area contributed by atoms with Gasteiger partial charge in [-0.25, -0.2) is 4.98 Å². The number of nitrogens with one attached hydrogen (secondary N) is 1. The molecule has 1 unspecified atom stereocenters. The quantitative estimate of drug-likeness (QED) is 0.826. The average Bonchev–Trinajstić information content (AvgIpc) is 2.18. The first kappa shape index (κ1) is 11.8. The fourth-order valence-electron chi connectivity index (χ4n) is 1.19. The van der Waals surface area contributed by atoms with Crippen LogP contribution >= 0.6 is 0 Å². The molecule has 1 rings (SSSR count). The highest BCUT2D eigenvalue weighted by Gasteiger charge is 2.11. The first-order valence-electron chi connectivity index (χ1n) is 5.32. The molecular formula is C12H20N2O. The second-order valence-corrected chi connectivity index (χ2v) is 4.18. The Bertz CT molecular complexity index is 323. The van der Waals surface area contributed by atoms with Gasteiger partial charge in [-0.1, -0.05) is 13.8 Å². The normalized spacial score (nSPS) is 12.7. The van der Waals surface area contributed by atoms with Crippen LogP contribution in [0.25, 0.3) is 0 Å². The molecule has 84 valence electrons. The van der Waals surface area contributed by atoms with Crippen LogP contribution in [0.15, 0.2) is 12.1 Å². The smallest absolute Gasteiger partial charge is 0.169 e. The highest BCUT2D eigenvalue weighted by Crippen LogP contribution is 2.23. The maximum Gasteiger partial charge on any atom is 0.169 e. The second kappa shape index (κ2) is 5.01. The Morgan fingerprint density at radius 2 is 1.93 bits per heavy atom. The van der Waals surface area contributed by atoms with E-state index in [0.717, 1.165) is 17.3 Å². The number of methoxy groups -OCH3 is 1. The lowest BCUT2D eigenvalue weighted by molar-refractivity contribution is 0.413. The molecule has 3 nitrogen and oxygen atoms in total. The summed E-state index contributed by atoms with van der Waals surface area (Å²) in [5.74, 6) is 2.20. The van der Waals surface area contributed by atoms with Crippen LogP contribution in [-0.2, 0) is 0 Å². The van der Waals surface area contributed by atoms with Crippen molar-refractivity contribution in [3.8, 4) is 5.75 Å². The van der Waals surface area contributed by atoms with Crippen molar-refractivity contribution >= 4 is 5.82 Å². The van der Waals surface area contributed by atoms with Gasteiger partial charge in [0.05, 0.1) is 7.11 Å². The largest absolute Gasteiger partial charge is 0.493 e. The van der Waals surface area contributed by atoms with Gasteiger partial charge in [0.2, 0.25) is 0 Å². The summed E-state index contributed by atoms with van der Waals surface area (Å²) in [7, 11) is 1.66. The number of aryl methyl sites for hydroxylation is 1. The van der Waals surface area contributed by atoms with Gasteiger partial charge in [0.15, 0.2) is 11.6 Å². The zero-order valence-electron chi connectivity index (χ0n) is 10.2. The van der Waals surface area contributed by atoms with E-state index in [1.165, 1.54) is 0 Å². The number of aromatic nitrogens is 1. The van der Waals surface area contributed by atoms with E-state index in [0.29, 0.717) is 12.0 Å². The summed E-state index contributed by atoms with van der Waals surface area (Å²) >= 11 is 0. The van der Waals surface area contributed by atoms with E-state index in [-0.39, 0.29) is 0 Å². The van der Waals surface area contributed by atoms with Gasteiger partial charge in [-0.3, -0.25) is 0 Å². The first-order chi connectivity index (χ1) is 7.04. The lowest BCUT2D eigenvalue weighted by Crippen LogP contribution is -2.22. The molecule has 0 aliphatic rings. The molecule has 0 aliphatic carbocycles. The molecule has 1 heterocycles. The molecule has 0 radical (unpaired) electrons. The van der Waals surface area contributed by atoms with Crippen molar-refractivity contribution in [3.05, 3.63) is 17.8 Å². The van der Waals surface area contributed by atoms with Crippen LogP contribution in [-0.4, -0.2) is 18.1 Å². The minimum absolute atomic E-state index is 0.383. The Hall–Kier alpha value is -1.25. The molecule has 1 atom stereocenters. The Balaban J connectivity index is 2.87. The van der Waals surface area contributed by atoms with E-state index < -0.39 is 0 Å². The molecule has 1 N–H and O–H groups in total. The molecule has 15 heavy (non-hydrogen) atoms. The predicted molar refractivity (Wildman–Crippen MR) is 63.4 cm³/mol. The van der Waals surface area contributed by atoms with Gasteiger partial charge < -0.3 is 10.1 Å². The van der Waals surface area contributed by atoms with Gasteiger partial charge in [-0.05, 0) is 31.9 Å². The number of nitrogens with zero attached hydrogens (tertiary/aromatic N) is 1. The summed E-state index contributed by atoms with van der Waals surface area (Å²) < 4.78 is 5.26. The Morgan fingerprint density at radius 3 is 2.47 bits per heavy atom. The summed E-state index contributed by atoms with van der Waals surface area (Å²) in [4.78, 5) is 4.43. The van der Waals surface area contributed by atoms with E-state index in [2.05, 4.69) is 31.1 Å². The standard InChI is InChI=1S/C12H20N2O/c1-8(2)10(4)14-12-11(15-5)7-6-9(3)13-12/h6-8,10H,1-5H3,(H,13,14). The van der Waals surface area contributed by atoms with Crippen molar-refractivity contribution in [3.63, 3.8) is 0 Å². The second-order valence-electron chi connectivity index (χ2n) is 4.18. The van der Waals surface area contributed by atoms with E-state index in [9.17, 15) is 0 Å². The predicted octanol–water partition coefficient (Wildman–Crippen LogP) is 2.86. The highest BCUT2D eigenvalue weighted by molar-refractivity contribution is 5.51. The van der Waals surface area contributed by atoms with Crippen molar-refractivity contribution in [1.29, 1.82) is 0 Å². The maximum absolute atomic E-state index is 5.26. The highest BCUT2D eigenvalue weighted by atomic mass is 16.5. The minimum atomic E-state index is 0.383. The van der Waals surface area contributed by atoms with Crippen molar-refractivity contribution in [2.24, 2.45) is 5.92 Å². The van der Waals surface area contributed by atoms with E-state index in [1.54, 1.807) is 7.11 Å². The van der Waals surface area contributed by atoms with Gasteiger partial charge >= 0.3 is 0 Å². The molecule has 0 spiro atoms. The molecule has 0 saturated carbocycles. The number of rotatable bonds is 4. The summed E-state index contributed by atoms with van der Waals surface area (Å²) in [6.07, 6.45) is 0. The number of pyridine rings is 1. The zero-order chi connectivity index (χ0) is 11.4. The third-order valence-electron chi connectivity index (χ3n) is 2.58. The molecule has 0 bridgehead atoms. The molecule has 0 fully saturated rings. The molecular weight excluding hydrogens is 188 g/mol. The van der Waals surface area contributed by atoms with Crippen molar-refractivity contribution < 1.29 is 4.74 Å². The van der Waals surface area contributed by atoms with Crippen molar-refractivity contribution in [1.82, 2.24) is 4.98 Å². The Morgan fingerprint density at radius 1 is 1.27 bits per heavy atom. The van der Waals surface area contributed by atoms with Crippen LogP contribution in [0.3, 0.4) is 0 Å². The fraction of sp³-hybridized carbons (Fsp3) is 0.583. The van der Waals surface area contributed by atoms with Gasteiger partial charge in [0.1, 0.15) is 0 Å². The summed E-state index contributed by atoms with van der Waals surface area (Å²) in [6, 6.07) is 4.27. The molecule has 0 aromatic carbocycles. The maximum atomic E-state index is 5.26. The molecule has 0 aliphatic heterocycles. The zero-order valence-corrected chi connectivity index (χ0v) is 10.2. The molecule has 0 saturated heterocycles. The summed E-state index contributed by atoms with van der Waals surface area (Å²) in [6.45, 7) is 8.48. The van der Waals surface area contributed by atoms with E-state index in [4.69, 9.17) is 4.74 Å². The van der Waals surface area contributed by atoms with Gasteiger partial charge in [0, 0.05) is 11.7 Å². The number of hydrogen-bond acceptors (Lipinski definition) is 3. The summed E-state index contributed by atoms with van der Waals surface area (Å²) in [5, 5.41) is 3.37. The summed E-state index contributed by atoms with van der Waals surface area (Å²) in [5.41, 5.74) is 0.995. The molecule has 1 aromatic heterocycles. The monoisotopic (exact) mass is 208 g/mol. The molecule has 3 heteroatoms. The van der Waals surface area contributed by atoms with Crippen LogP contribution in [0, 0.1) is 12.8 Å². The first-order valence-corrected chi connectivity index (χ1v) is 5.32. The van der Waals surface area contributed by atoms with Crippen molar-refractivity contribution in [2.75, 3.05) is 12.4 Å². The SMILES string of the molecule is COc1ccc(C)nc1NC(C)C(C)C. The lowest BCUT2D eigenvalue weighted by atomic mass is 10.1. The topological polar surface area (TPSA) is 34.1 Å². The lowest BCUT2D eigenvalue weighted by Gasteiger charge is -2.19. The van der Waals surface area contributed by atoms with Crippen molar-refractivity contribution in [2.45, 2.75) is 33.7 Å². The minimum Gasteiger partial charge on any atom is -0.493 e. The van der Waals surface area contributed by atoms with Gasteiger partial charge in [-0.2, -0.15) is 0 Å².